The van der Waals surface area contributed by atoms with Crippen LogP contribution in [0.15, 0.2) is 48.5 Å². The molecule has 2 N–H and O–H groups in total. The summed E-state index contributed by atoms with van der Waals surface area (Å²) in [4.78, 5) is 19.9. The Labute approximate surface area is 250 Å². The van der Waals surface area contributed by atoms with Gasteiger partial charge in [-0.3, -0.25) is 4.98 Å². The highest BCUT2D eigenvalue weighted by Gasteiger charge is 2.36. The van der Waals surface area contributed by atoms with Crippen molar-refractivity contribution in [1.82, 2.24) is 10.3 Å². The van der Waals surface area contributed by atoms with Crippen LogP contribution in [0.3, 0.4) is 0 Å². The Morgan fingerprint density at radius 1 is 1.00 bits per heavy atom. The van der Waals surface area contributed by atoms with E-state index in [-0.39, 0.29) is 5.41 Å². The zero-order valence-corrected chi connectivity index (χ0v) is 26.2. The Hall–Kier alpha value is -2.93. The Bertz CT molecular complexity index is 1350. The smallest absolute Gasteiger partial charge is 0.337 e. The molecule has 0 spiro atoms. The lowest BCUT2D eigenvalue weighted by atomic mass is 9.81. The van der Waals surface area contributed by atoms with Crippen LogP contribution in [0.4, 0.5) is 5.69 Å². The second-order valence-electron chi connectivity index (χ2n) is 12.9. The summed E-state index contributed by atoms with van der Waals surface area (Å²) in [7, 11) is 0. The fourth-order valence-electron chi connectivity index (χ4n) is 5.50. The van der Waals surface area contributed by atoms with E-state index in [1.807, 2.05) is 58.9 Å². The minimum absolute atomic E-state index is 0.253. The van der Waals surface area contributed by atoms with Gasteiger partial charge in [-0.15, -0.1) is 0 Å². The fourth-order valence-corrected chi connectivity index (χ4v) is 5.62. The molecule has 7 heteroatoms. The molecule has 2 aromatic carbocycles. The normalized spacial score (nSPS) is 16.0. The van der Waals surface area contributed by atoms with Gasteiger partial charge >= 0.3 is 5.97 Å². The van der Waals surface area contributed by atoms with Gasteiger partial charge in [-0.1, -0.05) is 61.8 Å². The van der Waals surface area contributed by atoms with Gasteiger partial charge < -0.3 is 20.1 Å². The minimum atomic E-state index is -1.12. The highest BCUT2D eigenvalue weighted by molar-refractivity contribution is 6.30. The lowest BCUT2D eigenvalue weighted by Gasteiger charge is -2.41. The third kappa shape index (κ3) is 7.88. The zero-order chi connectivity index (χ0) is 29.9. The molecule has 1 aliphatic heterocycles. The molecule has 41 heavy (non-hydrogen) atoms. The molecule has 0 radical (unpaired) electrons. The van der Waals surface area contributed by atoms with Crippen LogP contribution in [0.5, 0.6) is 0 Å². The standard InChI is InChI=1S/C34H44ClN3O3/c1-22-28(26-12-8-24(9-13-26)20-36-21-25-10-14-27(35)15-11-25)30(38-18-16-34(6,7)17-19-38)29(23(2)37-22)31(32(39)40)41-33(3,4)5/h8-15,31,36H,16-21H2,1-7H3,(H,39,40). The van der Waals surface area contributed by atoms with E-state index in [0.29, 0.717) is 11.3 Å². The van der Waals surface area contributed by atoms with Crippen molar-refractivity contribution in [2.45, 2.75) is 86.1 Å². The average molecular weight is 578 g/mol. The number of carbonyl (C=O) groups is 1. The van der Waals surface area contributed by atoms with Gasteiger partial charge in [0.25, 0.3) is 0 Å². The molecule has 1 aliphatic rings. The molecule has 4 rings (SSSR count). The number of carboxylic acid groups (broad SMARTS) is 1. The molecule has 1 fully saturated rings. The summed E-state index contributed by atoms with van der Waals surface area (Å²) in [5, 5.41) is 14.6. The molecular formula is C34H44ClN3O3. The first-order valence-corrected chi connectivity index (χ1v) is 14.8. The summed E-state index contributed by atoms with van der Waals surface area (Å²) in [6.07, 6.45) is 0.938. The van der Waals surface area contributed by atoms with E-state index in [4.69, 9.17) is 21.3 Å². The molecule has 3 aromatic rings. The number of nitrogens with one attached hydrogen (secondary N) is 1. The largest absolute Gasteiger partial charge is 0.479 e. The number of aromatic nitrogens is 1. The van der Waals surface area contributed by atoms with Crippen LogP contribution >= 0.6 is 11.6 Å². The van der Waals surface area contributed by atoms with E-state index < -0.39 is 17.7 Å². The summed E-state index contributed by atoms with van der Waals surface area (Å²) in [5.41, 5.74) is 7.15. The van der Waals surface area contributed by atoms with Gasteiger partial charge in [-0.25, -0.2) is 4.79 Å². The van der Waals surface area contributed by atoms with Gasteiger partial charge in [0.1, 0.15) is 0 Å². The third-order valence-electron chi connectivity index (χ3n) is 7.78. The summed E-state index contributed by atoms with van der Waals surface area (Å²) in [5.74, 6) is -1.000. The van der Waals surface area contributed by atoms with Crippen LogP contribution in [0.25, 0.3) is 11.1 Å². The molecule has 1 aromatic heterocycles. The summed E-state index contributed by atoms with van der Waals surface area (Å²) < 4.78 is 6.19. The van der Waals surface area contributed by atoms with Gasteiger partial charge in [-0.05, 0) is 81.7 Å². The molecule has 1 saturated heterocycles. The third-order valence-corrected chi connectivity index (χ3v) is 8.04. The second-order valence-corrected chi connectivity index (χ2v) is 13.4. The first-order chi connectivity index (χ1) is 19.2. The number of aryl methyl sites for hydroxylation is 2. The molecule has 220 valence electrons. The molecule has 0 aliphatic carbocycles. The van der Waals surface area contributed by atoms with Crippen molar-refractivity contribution in [1.29, 1.82) is 0 Å². The molecule has 1 unspecified atom stereocenters. The Kier molecular flexibility index (Phi) is 9.47. The molecule has 0 bridgehead atoms. The Balaban J connectivity index is 1.71. The number of hydrogen-bond donors (Lipinski definition) is 2. The number of pyridine rings is 1. The quantitative estimate of drug-likeness (QED) is 0.269. The van der Waals surface area contributed by atoms with Crippen molar-refractivity contribution in [3.63, 3.8) is 0 Å². The van der Waals surface area contributed by atoms with E-state index in [1.54, 1.807) is 0 Å². The molecule has 1 atom stereocenters. The monoisotopic (exact) mass is 577 g/mol. The van der Waals surface area contributed by atoms with E-state index in [1.165, 1.54) is 11.1 Å². The fraction of sp³-hybridized carbons (Fsp3) is 0.471. The van der Waals surface area contributed by atoms with Crippen molar-refractivity contribution < 1.29 is 14.6 Å². The van der Waals surface area contributed by atoms with Crippen LogP contribution in [-0.2, 0) is 22.6 Å². The first kappa shape index (κ1) is 31.0. The van der Waals surface area contributed by atoms with Crippen LogP contribution in [-0.4, -0.2) is 34.8 Å². The van der Waals surface area contributed by atoms with Crippen LogP contribution < -0.4 is 10.2 Å². The lowest BCUT2D eigenvalue weighted by molar-refractivity contribution is -0.160. The van der Waals surface area contributed by atoms with Crippen LogP contribution in [0, 0.1) is 19.3 Å². The predicted octanol–water partition coefficient (Wildman–Crippen LogP) is 7.88. The van der Waals surface area contributed by atoms with E-state index in [2.05, 4.69) is 48.3 Å². The second kappa shape index (κ2) is 12.5. The summed E-state index contributed by atoms with van der Waals surface area (Å²) in [6, 6.07) is 16.4. The van der Waals surface area contributed by atoms with Gasteiger partial charge in [0.05, 0.1) is 11.3 Å². The van der Waals surface area contributed by atoms with E-state index in [0.717, 1.165) is 66.6 Å². The van der Waals surface area contributed by atoms with Crippen molar-refractivity contribution in [2.24, 2.45) is 5.41 Å². The zero-order valence-electron chi connectivity index (χ0n) is 25.5. The number of nitrogens with zero attached hydrogens (tertiary/aromatic N) is 2. The number of piperidine rings is 1. The molecular weight excluding hydrogens is 534 g/mol. The predicted molar refractivity (Wildman–Crippen MR) is 168 cm³/mol. The van der Waals surface area contributed by atoms with Gasteiger partial charge in [-0.2, -0.15) is 0 Å². The van der Waals surface area contributed by atoms with Gasteiger partial charge in [0, 0.05) is 53.7 Å². The number of anilines is 1. The maximum absolute atomic E-state index is 12.7. The van der Waals surface area contributed by atoms with Crippen molar-refractivity contribution in [2.75, 3.05) is 18.0 Å². The maximum atomic E-state index is 12.7. The number of aliphatic carboxylic acids is 1. The van der Waals surface area contributed by atoms with E-state index >= 15 is 0 Å². The molecule has 6 nitrogen and oxygen atoms in total. The average Bonchev–Trinajstić information content (AvgIpc) is 2.88. The summed E-state index contributed by atoms with van der Waals surface area (Å²) >= 11 is 6.01. The first-order valence-electron chi connectivity index (χ1n) is 14.5. The highest BCUT2D eigenvalue weighted by Crippen LogP contribution is 2.44. The molecule has 2 heterocycles. The topological polar surface area (TPSA) is 74.7 Å². The highest BCUT2D eigenvalue weighted by atomic mass is 35.5. The number of hydrogen-bond acceptors (Lipinski definition) is 5. The summed E-state index contributed by atoms with van der Waals surface area (Å²) in [6.45, 7) is 17.4. The van der Waals surface area contributed by atoms with Crippen molar-refractivity contribution in [3.8, 4) is 11.1 Å². The minimum Gasteiger partial charge on any atom is -0.479 e. The van der Waals surface area contributed by atoms with Crippen molar-refractivity contribution >= 4 is 23.3 Å². The number of carboxylic acids is 1. The number of halogens is 1. The van der Waals surface area contributed by atoms with Crippen molar-refractivity contribution in [3.05, 3.63) is 81.6 Å². The number of ether oxygens (including phenoxy) is 1. The van der Waals surface area contributed by atoms with E-state index in [9.17, 15) is 9.90 Å². The number of rotatable bonds is 9. The lowest BCUT2D eigenvalue weighted by Crippen LogP contribution is -2.39. The van der Waals surface area contributed by atoms with Crippen LogP contribution in [0.2, 0.25) is 5.02 Å². The SMILES string of the molecule is Cc1nc(C)c(C(OC(C)(C)C)C(=O)O)c(N2CCC(C)(C)CC2)c1-c1ccc(CNCc2ccc(Cl)cc2)cc1. The van der Waals surface area contributed by atoms with Gasteiger partial charge in [0.2, 0.25) is 0 Å². The van der Waals surface area contributed by atoms with Crippen LogP contribution in [0.1, 0.15) is 81.6 Å². The van der Waals surface area contributed by atoms with Gasteiger partial charge in [0.15, 0.2) is 6.10 Å². The molecule has 0 saturated carbocycles. The number of benzene rings is 2. The molecule has 0 amide bonds. The Morgan fingerprint density at radius 2 is 1.54 bits per heavy atom. The maximum Gasteiger partial charge on any atom is 0.337 e. The Morgan fingerprint density at radius 3 is 2.05 bits per heavy atom.